The molecule has 38 heavy (non-hydrogen) atoms. The van der Waals surface area contributed by atoms with Crippen LogP contribution in [0.15, 0.2) is 10.6 Å². The average molecular weight is 544 g/mol. The minimum atomic E-state index is -4.51. The quantitative estimate of drug-likeness (QED) is 0.328. The van der Waals surface area contributed by atoms with E-state index in [9.17, 15) is 13.2 Å². The van der Waals surface area contributed by atoms with E-state index < -0.39 is 11.9 Å². The molecule has 0 amide bonds. The number of aromatic nitrogens is 1. The van der Waals surface area contributed by atoms with Crippen molar-refractivity contribution < 1.29 is 36.6 Å². The van der Waals surface area contributed by atoms with Crippen molar-refractivity contribution >= 4 is 0 Å². The molecule has 4 aliphatic carbocycles. The fourth-order valence-electron chi connectivity index (χ4n) is 9.59. The number of nitrogens with zero attached hydrogens (tertiary/aromatic N) is 1. The van der Waals surface area contributed by atoms with Crippen molar-refractivity contribution in [3.8, 4) is 0 Å². The van der Waals surface area contributed by atoms with Crippen molar-refractivity contribution in [3.05, 3.63) is 17.5 Å². The normalized spacial score (nSPS) is 41.8. The van der Waals surface area contributed by atoms with Crippen LogP contribution >= 0.6 is 0 Å². The zero-order valence-electron chi connectivity index (χ0n) is 23.4. The Balaban J connectivity index is 1.38. The summed E-state index contributed by atoms with van der Waals surface area (Å²) in [6, 6.07) is 1.11. The van der Waals surface area contributed by atoms with E-state index in [0.717, 1.165) is 57.4 Å². The summed E-state index contributed by atoms with van der Waals surface area (Å²) in [6.45, 7) is 7.51. The molecule has 0 spiro atoms. The van der Waals surface area contributed by atoms with E-state index in [1.807, 2.05) is 6.92 Å². The zero-order chi connectivity index (χ0) is 27.3. The highest BCUT2D eigenvalue weighted by Gasteiger charge is 2.63. The highest BCUT2D eigenvalue weighted by Crippen LogP contribution is 2.69. The fourth-order valence-corrected chi connectivity index (χ4v) is 9.59. The Morgan fingerprint density at radius 3 is 2.32 bits per heavy atom. The first kappa shape index (κ1) is 28.4. The molecule has 0 aromatic carbocycles. The molecule has 1 aromatic heterocycles. The third-order valence-electron chi connectivity index (χ3n) is 11.4. The van der Waals surface area contributed by atoms with Crippen molar-refractivity contribution in [2.45, 2.75) is 96.4 Å². The molecule has 0 saturated heterocycles. The summed E-state index contributed by atoms with van der Waals surface area (Å²) >= 11 is 0. The van der Waals surface area contributed by atoms with Gasteiger partial charge in [0.2, 0.25) is 5.76 Å². The molecule has 1 heterocycles. The van der Waals surface area contributed by atoms with Gasteiger partial charge in [-0.2, -0.15) is 13.2 Å². The number of alkyl halides is 3. The van der Waals surface area contributed by atoms with Gasteiger partial charge in [-0.15, -0.1) is 0 Å². The van der Waals surface area contributed by atoms with Gasteiger partial charge in [0.15, 0.2) is 0 Å². The van der Waals surface area contributed by atoms with Crippen LogP contribution in [0.2, 0.25) is 0 Å². The average Bonchev–Trinajstić information content (AvgIpc) is 3.51. The van der Waals surface area contributed by atoms with E-state index in [0.29, 0.717) is 36.2 Å². The molecule has 4 aliphatic rings. The Hall–Kier alpha value is -1.16. The SMILES string of the molecule is COCO[C@@H]1CC[C@]2(C)[C@H]3CC[C@]4(C)[C@@H]([C@H](C)c5cc(C(F)(F)F)on5)CC[C@H]4[C@@H]3C[C@H](OCOC)[C@@H]2C1. The molecule has 216 valence electrons. The number of hydrogen-bond donors (Lipinski definition) is 0. The van der Waals surface area contributed by atoms with Crippen molar-refractivity contribution in [3.63, 3.8) is 0 Å². The lowest BCUT2D eigenvalue weighted by Gasteiger charge is -2.63. The second kappa shape index (κ2) is 10.7. The van der Waals surface area contributed by atoms with Crippen LogP contribution in [-0.4, -0.2) is 45.2 Å². The molecule has 10 atom stereocenters. The largest absolute Gasteiger partial charge is 0.452 e. The minimum absolute atomic E-state index is 0.0612. The second-order valence-electron chi connectivity index (χ2n) is 12.9. The molecule has 4 fully saturated rings. The predicted molar refractivity (Wildman–Crippen MR) is 134 cm³/mol. The van der Waals surface area contributed by atoms with E-state index in [1.54, 1.807) is 14.2 Å². The first-order chi connectivity index (χ1) is 18.0. The molecule has 4 saturated carbocycles. The number of halogens is 3. The van der Waals surface area contributed by atoms with Crippen molar-refractivity contribution in [2.75, 3.05) is 27.8 Å². The highest BCUT2D eigenvalue weighted by atomic mass is 19.4. The van der Waals surface area contributed by atoms with E-state index in [-0.39, 0.29) is 41.7 Å². The molecular weight excluding hydrogens is 499 g/mol. The van der Waals surface area contributed by atoms with E-state index in [1.165, 1.54) is 0 Å². The lowest BCUT2D eigenvalue weighted by Crippen LogP contribution is -2.59. The van der Waals surface area contributed by atoms with E-state index in [2.05, 4.69) is 19.0 Å². The summed E-state index contributed by atoms with van der Waals surface area (Å²) in [4.78, 5) is 0. The number of hydrogen-bond acceptors (Lipinski definition) is 6. The summed E-state index contributed by atoms with van der Waals surface area (Å²) in [5.74, 6) is 1.28. The number of fused-ring (bicyclic) bond motifs is 5. The second-order valence-corrected chi connectivity index (χ2v) is 12.9. The Labute approximate surface area is 224 Å². The van der Waals surface area contributed by atoms with Crippen LogP contribution in [0, 0.1) is 40.4 Å². The summed E-state index contributed by atoms with van der Waals surface area (Å²) in [7, 11) is 3.33. The Morgan fingerprint density at radius 2 is 1.63 bits per heavy atom. The number of methoxy groups -OCH3 is 2. The van der Waals surface area contributed by atoms with Gasteiger partial charge < -0.3 is 23.5 Å². The van der Waals surface area contributed by atoms with Crippen LogP contribution in [-0.2, 0) is 25.1 Å². The van der Waals surface area contributed by atoms with Crippen LogP contribution in [0.3, 0.4) is 0 Å². The molecule has 6 nitrogen and oxygen atoms in total. The first-order valence-electron chi connectivity index (χ1n) is 14.3. The summed E-state index contributed by atoms with van der Waals surface area (Å²) in [6.07, 6.45) is 4.30. The predicted octanol–water partition coefficient (Wildman–Crippen LogP) is 7.04. The van der Waals surface area contributed by atoms with Gasteiger partial charge in [0.25, 0.3) is 0 Å². The van der Waals surface area contributed by atoms with Gasteiger partial charge in [-0.3, -0.25) is 0 Å². The molecule has 0 aliphatic heterocycles. The van der Waals surface area contributed by atoms with Gasteiger partial charge in [-0.25, -0.2) is 0 Å². The van der Waals surface area contributed by atoms with E-state index >= 15 is 0 Å². The maximum atomic E-state index is 13.2. The van der Waals surface area contributed by atoms with Gasteiger partial charge in [0.05, 0.1) is 17.9 Å². The molecule has 5 rings (SSSR count). The summed E-state index contributed by atoms with van der Waals surface area (Å²) < 4.78 is 67.2. The van der Waals surface area contributed by atoms with Crippen LogP contribution in [0.5, 0.6) is 0 Å². The van der Waals surface area contributed by atoms with Crippen molar-refractivity contribution in [2.24, 2.45) is 40.4 Å². The Kier molecular flexibility index (Phi) is 7.97. The van der Waals surface area contributed by atoms with Gasteiger partial charge >= 0.3 is 6.18 Å². The molecular formula is C29H44F3NO5. The van der Waals surface area contributed by atoms with Crippen LogP contribution in [0.25, 0.3) is 0 Å². The standard InChI is InChI=1S/C29H44F3NO5/c1-17(24-14-26(38-33-24)29(30,31)32)20-6-7-21-19-13-25(37-16-35-5)23-12-18(36-15-34-4)8-10-28(23,3)22(19)9-11-27(20,21)2/h14,17-23,25H,6-13,15-16H2,1-5H3/t17-,18+,19-,20+,21-,22-,23-,25-,27+,28+/m0/s1. The molecule has 1 aromatic rings. The molecule has 0 radical (unpaired) electrons. The van der Waals surface area contributed by atoms with E-state index in [4.69, 9.17) is 23.5 Å². The Morgan fingerprint density at radius 1 is 0.947 bits per heavy atom. The minimum Gasteiger partial charge on any atom is -0.359 e. The highest BCUT2D eigenvalue weighted by molar-refractivity contribution is 5.18. The number of ether oxygens (including phenoxy) is 4. The van der Waals surface area contributed by atoms with Gasteiger partial charge in [-0.05, 0) is 91.8 Å². The molecule has 0 unspecified atom stereocenters. The molecule has 0 bridgehead atoms. The maximum absolute atomic E-state index is 13.2. The zero-order valence-corrected chi connectivity index (χ0v) is 23.4. The topological polar surface area (TPSA) is 63.0 Å². The lowest BCUT2D eigenvalue weighted by molar-refractivity contribution is -0.213. The summed E-state index contributed by atoms with van der Waals surface area (Å²) in [5.41, 5.74) is 0.663. The van der Waals surface area contributed by atoms with Crippen molar-refractivity contribution in [1.29, 1.82) is 0 Å². The smallest absolute Gasteiger partial charge is 0.359 e. The molecule has 9 heteroatoms. The Bertz CT molecular complexity index is 955. The van der Waals surface area contributed by atoms with Crippen LogP contribution < -0.4 is 0 Å². The van der Waals surface area contributed by atoms with Gasteiger partial charge in [0, 0.05) is 26.2 Å². The fraction of sp³-hybridized carbons (Fsp3) is 0.897. The molecule has 0 N–H and O–H groups in total. The van der Waals surface area contributed by atoms with Crippen LogP contribution in [0.1, 0.15) is 89.5 Å². The maximum Gasteiger partial charge on any atom is 0.452 e. The number of rotatable bonds is 8. The van der Waals surface area contributed by atoms with Crippen molar-refractivity contribution in [1.82, 2.24) is 5.16 Å². The monoisotopic (exact) mass is 543 g/mol. The van der Waals surface area contributed by atoms with Gasteiger partial charge in [0.1, 0.15) is 13.6 Å². The first-order valence-corrected chi connectivity index (χ1v) is 14.3. The van der Waals surface area contributed by atoms with Crippen LogP contribution in [0.4, 0.5) is 13.2 Å². The van der Waals surface area contributed by atoms with Gasteiger partial charge in [-0.1, -0.05) is 25.9 Å². The lowest BCUT2D eigenvalue weighted by atomic mass is 9.43. The third kappa shape index (κ3) is 4.83. The third-order valence-corrected chi connectivity index (χ3v) is 11.4. The summed E-state index contributed by atoms with van der Waals surface area (Å²) in [5, 5.41) is 3.87.